The van der Waals surface area contributed by atoms with E-state index >= 15 is 0 Å². The second-order valence-corrected chi connectivity index (χ2v) is 5.56. The van der Waals surface area contributed by atoms with Gasteiger partial charge in [-0.2, -0.15) is 0 Å². The summed E-state index contributed by atoms with van der Waals surface area (Å²) in [5, 5.41) is 2.68. The highest BCUT2D eigenvalue weighted by atomic mass is 32.2. The van der Waals surface area contributed by atoms with E-state index in [0.717, 1.165) is 17.3 Å². The van der Waals surface area contributed by atoms with Crippen molar-refractivity contribution in [3.8, 4) is 0 Å². The third-order valence-corrected chi connectivity index (χ3v) is 3.96. The van der Waals surface area contributed by atoms with Crippen LogP contribution in [-0.4, -0.2) is 27.7 Å². The highest BCUT2D eigenvalue weighted by Gasteiger charge is 2.34. The van der Waals surface area contributed by atoms with E-state index in [1.165, 1.54) is 4.90 Å². The number of rotatable bonds is 4. The molecule has 2 heterocycles. The number of amides is 2. The molecule has 6 heteroatoms. The molecule has 2 aromatic rings. The van der Waals surface area contributed by atoms with Crippen molar-refractivity contribution in [2.24, 2.45) is 0 Å². The number of benzene rings is 1. The molecular weight excluding hydrogens is 298 g/mol. The lowest BCUT2D eigenvalue weighted by atomic mass is 10.2. The molecule has 0 unspecified atom stereocenters. The van der Waals surface area contributed by atoms with Gasteiger partial charge in [0.25, 0.3) is 11.1 Å². The van der Waals surface area contributed by atoms with E-state index in [-0.39, 0.29) is 17.8 Å². The maximum absolute atomic E-state index is 12.3. The predicted octanol–water partition coefficient (Wildman–Crippen LogP) is 3.19. The Hall–Kier alpha value is -2.60. The molecule has 0 saturated carbocycles. The van der Waals surface area contributed by atoms with E-state index in [1.54, 1.807) is 24.4 Å². The summed E-state index contributed by atoms with van der Waals surface area (Å²) in [6.07, 6.45) is 3.37. The van der Waals surface area contributed by atoms with Crippen molar-refractivity contribution in [3.05, 3.63) is 65.2 Å². The standard InChI is InChI=1S/C16H13N3O2S/c20-15-13(10-12-6-2-1-3-7-12)22-16(21)19(15)11-18-14-8-4-5-9-17-14/h1-10H,11H2,(H,17,18). The number of carbonyl (C=O) groups is 2. The number of anilines is 1. The number of imide groups is 1. The number of hydrogen-bond donors (Lipinski definition) is 1. The molecule has 0 radical (unpaired) electrons. The van der Waals surface area contributed by atoms with Crippen LogP contribution in [-0.2, 0) is 4.79 Å². The second-order valence-electron chi connectivity index (χ2n) is 4.57. The van der Waals surface area contributed by atoms with Crippen LogP contribution in [0.3, 0.4) is 0 Å². The van der Waals surface area contributed by atoms with Crippen LogP contribution >= 0.6 is 11.8 Å². The van der Waals surface area contributed by atoms with E-state index in [0.29, 0.717) is 10.7 Å². The van der Waals surface area contributed by atoms with Gasteiger partial charge in [0.1, 0.15) is 12.5 Å². The summed E-state index contributed by atoms with van der Waals surface area (Å²) in [6, 6.07) is 14.9. The molecule has 3 rings (SSSR count). The molecule has 1 fully saturated rings. The first-order chi connectivity index (χ1) is 10.7. The third kappa shape index (κ3) is 3.17. The molecule has 110 valence electrons. The molecule has 0 spiro atoms. The predicted molar refractivity (Wildman–Crippen MR) is 87.0 cm³/mol. The maximum atomic E-state index is 12.3. The fourth-order valence-electron chi connectivity index (χ4n) is 1.96. The average molecular weight is 311 g/mol. The van der Waals surface area contributed by atoms with Crippen LogP contribution in [0.4, 0.5) is 10.6 Å². The zero-order chi connectivity index (χ0) is 15.4. The Morgan fingerprint density at radius 1 is 1.09 bits per heavy atom. The fraction of sp³-hybridized carbons (Fsp3) is 0.0625. The van der Waals surface area contributed by atoms with Gasteiger partial charge >= 0.3 is 0 Å². The summed E-state index contributed by atoms with van der Waals surface area (Å²) in [5.41, 5.74) is 0.894. The van der Waals surface area contributed by atoms with Gasteiger partial charge < -0.3 is 5.32 Å². The lowest BCUT2D eigenvalue weighted by molar-refractivity contribution is -0.122. The average Bonchev–Trinajstić information content (AvgIpc) is 2.81. The van der Waals surface area contributed by atoms with Crippen molar-refractivity contribution in [1.29, 1.82) is 0 Å². The SMILES string of the molecule is O=C1SC(=Cc2ccccc2)C(=O)N1CNc1ccccn1. The Bertz CT molecular complexity index is 717. The van der Waals surface area contributed by atoms with Gasteiger partial charge in [-0.15, -0.1) is 0 Å². The van der Waals surface area contributed by atoms with Crippen LogP contribution in [0.1, 0.15) is 5.56 Å². The lowest BCUT2D eigenvalue weighted by Gasteiger charge is -2.13. The van der Waals surface area contributed by atoms with Crippen LogP contribution in [0.25, 0.3) is 6.08 Å². The number of pyridine rings is 1. The molecule has 1 aromatic carbocycles. The minimum absolute atomic E-state index is 0.105. The minimum Gasteiger partial charge on any atom is -0.352 e. The first-order valence-electron chi connectivity index (χ1n) is 6.69. The van der Waals surface area contributed by atoms with Gasteiger partial charge in [-0.1, -0.05) is 36.4 Å². The molecule has 22 heavy (non-hydrogen) atoms. The smallest absolute Gasteiger partial charge is 0.295 e. The number of nitrogens with one attached hydrogen (secondary N) is 1. The van der Waals surface area contributed by atoms with Gasteiger partial charge in [0.05, 0.1) is 4.91 Å². The van der Waals surface area contributed by atoms with Crippen molar-refractivity contribution in [1.82, 2.24) is 9.88 Å². The number of thioether (sulfide) groups is 1. The van der Waals surface area contributed by atoms with E-state index in [4.69, 9.17) is 0 Å². The van der Waals surface area contributed by atoms with Crippen molar-refractivity contribution in [2.75, 3.05) is 12.0 Å². The zero-order valence-electron chi connectivity index (χ0n) is 11.6. The van der Waals surface area contributed by atoms with E-state index in [2.05, 4.69) is 10.3 Å². The first kappa shape index (κ1) is 14.3. The molecule has 2 amide bonds. The fourth-order valence-corrected chi connectivity index (χ4v) is 2.80. The number of nitrogens with zero attached hydrogens (tertiary/aromatic N) is 2. The lowest BCUT2D eigenvalue weighted by Crippen LogP contribution is -2.33. The summed E-state index contributed by atoms with van der Waals surface area (Å²) in [5.74, 6) is 0.330. The molecule has 0 aliphatic carbocycles. The van der Waals surface area contributed by atoms with Gasteiger partial charge in [-0.05, 0) is 35.5 Å². The van der Waals surface area contributed by atoms with Crippen molar-refractivity contribution in [3.63, 3.8) is 0 Å². The quantitative estimate of drug-likeness (QED) is 0.879. The van der Waals surface area contributed by atoms with Gasteiger partial charge in [-0.3, -0.25) is 14.5 Å². The zero-order valence-corrected chi connectivity index (χ0v) is 12.4. The summed E-state index contributed by atoms with van der Waals surface area (Å²) >= 11 is 0.950. The highest BCUT2D eigenvalue weighted by molar-refractivity contribution is 8.18. The van der Waals surface area contributed by atoms with E-state index in [1.807, 2.05) is 36.4 Å². The Balaban J connectivity index is 1.71. The molecule has 0 atom stereocenters. The number of carbonyl (C=O) groups excluding carboxylic acids is 2. The molecule has 5 nitrogen and oxygen atoms in total. The molecule has 1 N–H and O–H groups in total. The Kier molecular flexibility index (Phi) is 4.20. The summed E-state index contributed by atoms with van der Waals surface area (Å²) < 4.78 is 0. The Morgan fingerprint density at radius 2 is 1.86 bits per heavy atom. The molecule has 1 saturated heterocycles. The van der Waals surface area contributed by atoms with Crippen LogP contribution < -0.4 is 5.32 Å². The molecule has 1 aromatic heterocycles. The van der Waals surface area contributed by atoms with Crippen LogP contribution in [0.15, 0.2) is 59.6 Å². The van der Waals surface area contributed by atoms with Gasteiger partial charge in [0.2, 0.25) is 0 Å². The minimum atomic E-state index is -0.290. The molecular formula is C16H13N3O2S. The van der Waals surface area contributed by atoms with E-state index in [9.17, 15) is 9.59 Å². The van der Waals surface area contributed by atoms with Crippen molar-refractivity contribution < 1.29 is 9.59 Å². The van der Waals surface area contributed by atoms with Crippen LogP contribution in [0.2, 0.25) is 0 Å². The van der Waals surface area contributed by atoms with Crippen LogP contribution in [0.5, 0.6) is 0 Å². The third-order valence-electron chi connectivity index (χ3n) is 3.05. The first-order valence-corrected chi connectivity index (χ1v) is 7.51. The molecule has 1 aliphatic rings. The summed E-state index contributed by atoms with van der Waals surface area (Å²) in [6.45, 7) is 0.105. The summed E-state index contributed by atoms with van der Waals surface area (Å²) in [7, 11) is 0. The Labute approximate surface area is 132 Å². The normalized spacial score (nSPS) is 16.4. The second kappa shape index (κ2) is 6.44. The largest absolute Gasteiger partial charge is 0.352 e. The highest BCUT2D eigenvalue weighted by Crippen LogP contribution is 2.31. The van der Waals surface area contributed by atoms with Crippen molar-refractivity contribution in [2.45, 2.75) is 0 Å². The number of aromatic nitrogens is 1. The monoisotopic (exact) mass is 311 g/mol. The van der Waals surface area contributed by atoms with Gasteiger partial charge in [0.15, 0.2) is 0 Å². The van der Waals surface area contributed by atoms with Gasteiger partial charge in [0, 0.05) is 6.20 Å². The summed E-state index contributed by atoms with van der Waals surface area (Å²) in [4.78, 5) is 30.0. The van der Waals surface area contributed by atoms with Crippen molar-refractivity contribution >= 4 is 34.8 Å². The molecule has 0 bridgehead atoms. The molecule has 1 aliphatic heterocycles. The van der Waals surface area contributed by atoms with Gasteiger partial charge in [-0.25, -0.2) is 4.98 Å². The van der Waals surface area contributed by atoms with E-state index < -0.39 is 0 Å². The Morgan fingerprint density at radius 3 is 2.59 bits per heavy atom. The maximum Gasteiger partial charge on any atom is 0.295 e. The topological polar surface area (TPSA) is 62.3 Å². The number of hydrogen-bond acceptors (Lipinski definition) is 5. The van der Waals surface area contributed by atoms with Crippen LogP contribution in [0, 0.1) is 0 Å².